The van der Waals surface area contributed by atoms with Crippen molar-refractivity contribution in [1.82, 2.24) is 10.1 Å². The van der Waals surface area contributed by atoms with Gasteiger partial charge in [0.25, 0.3) is 0 Å². The summed E-state index contributed by atoms with van der Waals surface area (Å²) in [6, 6.07) is 18.5. The number of nitrogens with zero attached hydrogens (tertiary/aromatic N) is 2. The van der Waals surface area contributed by atoms with Crippen LogP contribution in [0.25, 0.3) is 11.3 Å². The summed E-state index contributed by atoms with van der Waals surface area (Å²) >= 11 is 0. The molecule has 150 valence electrons. The zero-order valence-electron chi connectivity index (χ0n) is 16.4. The smallest absolute Gasteiger partial charge is 0.233 e. The second-order valence-electron chi connectivity index (χ2n) is 6.45. The summed E-state index contributed by atoms with van der Waals surface area (Å²) in [5.74, 6) is 0.478. The summed E-state index contributed by atoms with van der Waals surface area (Å²) in [6.45, 7) is 2.60. The fourth-order valence-electron chi connectivity index (χ4n) is 2.77. The van der Waals surface area contributed by atoms with Crippen LogP contribution in [-0.2, 0) is 16.1 Å². The van der Waals surface area contributed by atoms with E-state index < -0.39 is 5.91 Å². The molecule has 0 saturated heterocycles. The van der Waals surface area contributed by atoms with Crippen molar-refractivity contribution in [2.24, 2.45) is 0 Å². The summed E-state index contributed by atoms with van der Waals surface area (Å²) < 4.78 is 10.8. The fraction of sp³-hybridized carbons (Fsp3) is 0.227. The van der Waals surface area contributed by atoms with E-state index in [-0.39, 0.29) is 18.9 Å². The molecule has 3 aromatic rings. The lowest BCUT2D eigenvalue weighted by atomic mass is 10.1. The Kier molecular flexibility index (Phi) is 6.63. The van der Waals surface area contributed by atoms with Crippen LogP contribution in [-0.4, -0.2) is 35.5 Å². The first-order chi connectivity index (χ1) is 14.1. The highest BCUT2D eigenvalue weighted by Gasteiger charge is 2.17. The van der Waals surface area contributed by atoms with Crippen molar-refractivity contribution in [2.75, 3.05) is 19.0 Å². The molecule has 2 amide bonds. The van der Waals surface area contributed by atoms with Gasteiger partial charge < -0.3 is 19.5 Å². The Labute approximate surface area is 169 Å². The highest BCUT2D eigenvalue weighted by molar-refractivity contribution is 6.04. The number of benzene rings is 2. The number of hydrogen-bond acceptors (Lipinski definition) is 5. The molecule has 1 aromatic heterocycles. The Balaban J connectivity index is 1.55. The minimum absolute atomic E-state index is 0.248. The van der Waals surface area contributed by atoms with Gasteiger partial charge in [-0.2, -0.15) is 0 Å². The molecular weight excluding hydrogens is 370 g/mol. The van der Waals surface area contributed by atoms with E-state index in [4.69, 9.17) is 9.26 Å². The number of carbonyl (C=O) groups is 2. The molecule has 0 radical (unpaired) electrons. The van der Waals surface area contributed by atoms with Crippen LogP contribution in [0.2, 0.25) is 0 Å². The summed E-state index contributed by atoms with van der Waals surface area (Å²) in [4.78, 5) is 26.1. The number of aromatic nitrogens is 1. The van der Waals surface area contributed by atoms with Crippen LogP contribution in [0, 0.1) is 0 Å². The third kappa shape index (κ3) is 5.44. The molecule has 0 unspecified atom stereocenters. The molecular formula is C22H23N3O4. The quantitative estimate of drug-likeness (QED) is 0.590. The molecule has 29 heavy (non-hydrogen) atoms. The maximum Gasteiger partial charge on any atom is 0.233 e. The predicted molar refractivity (Wildman–Crippen MR) is 109 cm³/mol. The number of rotatable bonds is 8. The monoisotopic (exact) mass is 393 g/mol. The van der Waals surface area contributed by atoms with Gasteiger partial charge in [-0.3, -0.25) is 9.59 Å². The van der Waals surface area contributed by atoms with Crippen molar-refractivity contribution in [3.8, 4) is 17.1 Å². The normalized spacial score (nSPS) is 10.4. The topological polar surface area (TPSA) is 84.7 Å². The largest absolute Gasteiger partial charge is 0.492 e. The average molecular weight is 393 g/mol. The van der Waals surface area contributed by atoms with Crippen LogP contribution in [0.5, 0.6) is 5.75 Å². The van der Waals surface area contributed by atoms with Gasteiger partial charge in [0.1, 0.15) is 17.9 Å². The van der Waals surface area contributed by atoms with Gasteiger partial charge in [-0.15, -0.1) is 0 Å². The molecule has 7 nitrogen and oxygen atoms in total. The third-order valence-electron chi connectivity index (χ3n) is 4.21. The lowest BCUT2D eigenvalue weighted by molar-refractivity contribution is -0.134. The van der Waals surface area contributed by atoms with E-state index in [0.29, 0.717) is 29.5 Å². The minimum atomic E-state index is -0.404. The summed E-state index contributed by atoms with van der Waals surface area (Å²) in [5.41, 5.74) is 2.06. The molecule has 0 atom stereocenters. The highest BCUT2D eigenvalue weighted by Crippen LogP contribution is 2.24. The molecule has 0 aliphatic carbocycles. The molecule has 2 aromatic carbocycles. The second-order valence-corrected chi connectivity index (χ2v) is 6.45. The maximum atomic E-state index is 12.4. The first-order valence-electron chi connectivity index (χ1n) is 9.33. The van der Waals surface area contributed by atoms with Crippen LogP contribution >= 0.6 is 0 Å². The van der Waals surface area contributed by atoms with E-state index in [2.05, 4.69) is 10.5 Å². The summed E-state index contributed by atoms with van der Waals surface area (Å²) in [5, 5.41) is 6.73. The zero-order chi connectivity index (χ0) is 20.6. The van der Waals surface area contributed by atoms with Crippen molar-refractivity contribution in [3.05, 3.63) is 66.4 Å². The van der Waals surface area contributed by atoms with Crippen LogP contribution < -0.4 is 10.1 Å². The van der Waals surface area contributed by atoms with Gasteiger partial charge in [-0.1, -0.05) is 47.6 Å². The molecule has 0 saturated carbocycles. The van der Waals surface area contributed by atoms with E-state index in [1.165, 1.54) is 4.90 Å². The standard InChI is InChI=1S/C22H23N3O4/c1-3-28-19-12-8-7-11-18(19)23-21(26)14-22(27)25(2)15-17-13-20(29-24-17)16-9-5-4-6-10-16/h4-13H,3,14-15H2,1-2H3,(H,23,26). The van der Waals surface area contributed by atoms with E-state index in [1.54, 1.807) is 31.3 Å². The van der Waals surface area contributed by atoms with E-state index in [1.807, 2.05) is 43.3 Å². The van der Waals surface area contributed by atoms with Gasteiger partial charge in [0, 0.05) is 18.7 Å². The molecule has 0 fully saturated rings. The van der Waals surface area contributed by atoms with Crippen LogP contribution in [0.4, 0.5) is 5.69 Å². The Bertz CT molecular complexity index is 969. The van der Waals surface area contributed by atoms with Gasteiger partial charge in [-0.25, -0.2) is 0 Å². The molecule has 0 aliphatic heterocycles. The number of amides is 2. The van der Waals surface area contributed by atoms with Crippen LogP contribution in [0.15, 0.2) is 65.2 Å². The SMILES string of the molecule is CCOc1ccccc1NC(=O)CC(=O)N(C)Cc1cc(-c2ccccc2)on1. The predicted octanol–water partition coefficient (Wildman–Crippen LogP) is 3.73. The van der Waals surface area contributed by atoms with Gasteiger partial charge in [-0.05, 0) is 19.1 Å². The van der Waals surface area contributed by atoms with Gasteiger partial charge in [0.15, 0.2) is 5.76 Å². The lowest BCUT2D eigenvalue weighted by Gasteiger charge is -2.16. The van der Waals surface area contributed by atoms with Crippen molar-refractivity contribution in [2.45, 2.75) is 19.9 Å². The number of anilines is 1. The van der Waals surface area contributed by atoms with Crippen molar-refractivity contribution < 1.29 is 18.8 Å². The number of nitrogens with one attached hydrogen (secondary N) is 1. The molecule has 0 spiro atoms. The number of carbonyl (C=O) groups excluding carboxylic acids is 2. The number of para-hydroxylation sites is 2. The van der Waals surface area contributed by atoms with E-state index in [9.17, 15) is 9.59 Å². The third-order valence-corrected chi connectivity index (χ3v) is 4.21. The zero-order valence-corrected chi connectivity index (χ0v) is 16.4. The Morgan fingerprint density at radius 1 is 1.10 bits per heavy atom. The fourth-order valence-corrected chi connectivity index (χ4v) is 2.77. The van der Waals surface area contributed by atoms with Gasteiger partial charge in [0.2, 0.25) is 11.8 Å². The van der Waals surface area contributed by atoms with Gasteiger partial charge in [0.05, 0.1) is 18.8 Å². The van der Waals surface area contributed by atoms with E-state index in [0.717, 1.165) is 5.56 Å². The van der Waals surface area contributed by atoms with Gasteiger partial charge >= 0.3 is 0 Å². The Morgan fingerprint density at radius 2 is 1.83 bits per heavy atom. The Morgan fingerprint density at radius 3 is 2.59 bits per heavy atom. The van der Waals surface area contributed by atoms with Crippen molar-refractivity contribution >= 4 is 17.5 Å². The molecule has 7 heteroatoms. The molecule has 3 rings (SSSR count). The molecule has 0 aliphatic rings. The average Bonchev–Trinajstić information content (AvgIpc) is 3.18. The minimum Gasteiger partial charge on any atom is -0.492 e. The first kappa shape index (κ1) is 20.1. The summed E-state index contributed by atoms with van der Waals surface area (Å²) in [7, 11) is 1.63. The molecule has 1 heterocycles. The lowest BCUT2D eigenvalue weighted by Crippen LogP contribution is -2.30. The summed E-state index contributed by atoms with van der Waals surface area (Å²) in [6.07, 6.45) is -0.277. The van der Waals surface area contributed by atoms with E-state index >= 15 is 0 Å². The molecule has 0 bridgehead atoms. The van der Waals surface area contributed by atoms with Crippen LogP contribution in [0.3, 0.4) is 0 Å². The van der Waals surface area contributed by atoms with Crippen molar-refractivity contribution in [3.63, 3.8) is 0 Å². The van der Waals surface area contributed by atoms with Crippen molar-refractivity contribution in [1.29, 1.82) is 0 Å². The number of ether oxygens (including phenoxy) is 1. The first-order valence-corrected chi connectivity index (χ1v) is 9.33. The maximum absolute atomic E-state index is 12.4. The van der Waals surface area contributed by atoms with Crippen LogP contribution in [0.1, 0.15) is 19.0 Å². The Hall–Kier alpha value is -3.61. The number of hydrogen-bond donors (Lipinski definition) is 1. The second kappa shape index (κ2) is 9.54. The highest BCUT2D eigenvalue weighted by atomic mass is 16.5. The molecule has 1 N–H and O–H groups in total.